The number of hydrogen-bond acceptors (Lipinski definition) is 5. The standard InChI is InChI=1S/C25H29N3O5/c29-24(26-19-13-15-27(16-14-19)25(30)18-7-3-1-4-8-18)22-17-20(28(31)32)11-12-23(22)33-21-9-5-2-6-10-21/h2,5-6,9-12,17-19H,1,3-4,7-8,13-16H2,(H,26,29). The summed E-state index contributed by atoms with van der Waals surface area (Å²) in [4.78, 5) is 38.5. The lowest BCUT2D eigenvalue weighted by Crippen LogP contribution is -2.48. The van der Waals surface area contributed by atoms with Crippen molar-refractivity contribution in [2.75, 3.05) is 13.1 Å². The molecule has 1 N–H and O–H groups in total. The number of benzene rings is 2. The van der Waals surface area contributed by atoms with Gasteiger partial charge in [0.15, 0.2) is 0 Å². The number of carbonyl (C=O) groups excluding carboxylic acids is 2. The Morgan fingerprint density at radius 3 is 2.33 bits per heavy atom. The second-order valence-corrected chi connectivity index (χ2v) is 8.76. The summed E-state index contributed by atoms with van der Waals surface area (Å²) in [6.45, 7) is 1.23. The number of likely N-dealkylation sites (tertiary alicyclic amines) is 1. The van der Waals surface area contributed by atoms with Gasteiger partial charge in [-0.1, -0.05) is 37.5 Å². The number of carbonyl (C=O) groups is 2. The van der Waals surface area contributed by atoms with Gasteiger partial charge in [-0.2, -0.15) is 0 Å². The molecule has 4 rings (SSSR count). The zero-order valence-electron chi connectivity index (χ0n) is 18.6. The minimum absolute atomic E-state index is 0.100. The minimum atomic E-state index is -0.529. The van der Waals surface area contributed by atoms with Crippen LogP contribution in [0.1, 0.15) is 55.3 Å². The van der Waals surface area contributed by atoms with E-state index in [1.165, 1.54) is 24.6 Å². The third kappa shape index (κ3) is 5.69. The van der Waals surface area contributed by atoms with E-state index in [-0.39, 0.29) is 34.9 Å². The average Bonchev–Trinajstić information content (AvgIpc) is 2.85. The summed E-state index contributed by atoms with van der Waals surface area (Å²) < 4.78 is 5.83. The fourth-order valence-corrected chi connectivity index (χ4v) is 4.63. The van der Waals surface area contributed by atoms with Gasteiger partial charge in [-0.3, -0.25) is 19.7 Å². The molecular formula is C25H29N3O5. The second kappa shape index (κ2) is 10.5. The normalized spacial score (nSPS) is 17.4. The van der Waals surface area contributed by atoms with E-state index in [1.807, 2.05) is 23.1 Å². The van der Waals surface area contributed by atoms with E-state index in [4.69, 9.17) is 4.74 Å². The Hall–Kier alpha value is -3.42. The van der Waals surface area contributed by atoms with Crippen molar-refractivity contribution in [3.8, 4) is 11.5 Å². The first kappa shape index (κ1) is 22.8. The van der Waals surface area contributed by atoms with Gasteiger partial charge in [0.25, 0.3) is 11.6 Å². The zero-order valence-corrected chi connectivity index (χ0v) is 18.6. The van der Waals surface area contributed by atoms with Crippen molar-refractivity contribution in [1.29, 1.82) is 0 Å². The summed E-state index contributed by atoms with van der Waals surface area (Å²) >= 11 is 0. The van der Waals surface area contributed by atoms with Crippen LogP contribution in [-0.4, -0.2) is 40.8 Å². The maximum absolute atomic E-state index is 13.1. The zero-order chi connectivity index (χ0) is 23.2. The second-order valence-electron chi connectivity index (χ2n) is 8.76. The van der Waals surface area contributed by atoms with Crippen LogP contribution in [0.25, 0.3) is 0 Å². The van der Waals surface area contributed by atoms with Crippen LogP contribution in [0.2, 0.25) is 0 Å². The summed E-state index contributed by atoms with van der Waals surface area (Å²) in [5, 5.41) is 14.2. The minimum Gasteiger partial charge on any atom is -0.457 e. The number of nitrogens with one attached hydrogen (secondary N) is 1. The van der Waals surface area contributed by atoms with Gasteiger partial charge in [0.2, 0.25) is 5.91 Å². The average molecular weight is 452 g/mol. The number of amides is 2. The van der Waals surface area contributed by atoms with Crippen LogP contribution in [0, 0.1) is 16.0 Å². The number of nitro benzene ring substituents is 1. The molecule has 8 heteroatoms. The number of rotatable bonds is 6. The lowest BCUT2D eigenvalue weighted by molar-refractivity contribution is -0.384. The molecule has 1 saturated heterocycles. The number of piperidine rings is 1. The van der Waals surface area contributed by atoms with Crippen LogP contribution in [0.4, 0.5) is 5.69 Å². The number of nitrogens with zero attached hydrogens (tertiary/aromatic N) is 2. The van der Waals surface area contributed by atoms with Crippen LogP contribution < -0.4 is 10.1 Å². The molecule has 0 unspecified atom stereocenters. The van der Waals surface area contributed by atoms with E-state index in [2.05, 4.69) is 5.32 Å². The molecule has 0 bridgehead atoms. The Labute approximate surface area is 193 Å². The van der Waals surface area contributed by atoms with Crippen LogP contribution in [0.3, 0.4) is 0 Å². The highest BCUT2D eigenvalue weighted by atomic mass is 16.6. The van der Waals surface area contributed by atoms with E-state index < -0.39 is 10.8 Å². The molecule has 2 amide bonds. The van der Waals surface area contributed by atoms with E-state index in [0.717, 1.165) is 25.7 Å². The van der Waals surface area contributed by atoms with E-state index in [9.17, 15) is 19.7 Å². The Kier molecular flexibility index (Phi) is 7.22. The molecule has 0 radical (unpaired) electrons. The van der Waals surface area contributed by atoms with Gasteiger partial charge in [0.05, 0.1) is 10.5 Å². The van der Waals surface area contributed by atoms with Crippen LogP contribution >= 0.6 is 0 Å². The number of ether oxygens (including phenoxy) is 1. The molecule has 1 aliphatic heterocycles. The molecule has 2 aromatic rings. The first-order valence-corrected chi connectivity index (χ1v) is 11.6. The molecule has 0 atom stereocenters. The molecular weight excluding hydrogens is 422 g/mol. The molecule has 2 aromatic carbocycles. The predicted molar refractivity (Wildman–Crippen MR) is 123 cm³/mol. The van der Waals surface area contributed by atoms with Crippen molar-refractivity contribution in [3.63, 3.8) is 0 Å². The molecule has 174 valence electrons. The number of non-ortho nitro benzene ring substituents is 1. The smallest absolute Gasteiger partial charge is 0.270 e. The maximum atomic E-state index is 13.1. The first-order valence-electron chi connectivity index (χ1n) is 11.6. The topological polar surface area (TPSA) is 102 Å². The number of para-hydroxylation sites is 1. The summed E-state index contributed by atoms with van der Waals surface area (Å²) in [6.07, 6.45) is 6.74. The highest BCUT2D eigenvalue weighted by Crippen LogP contribution is 2.30. The molecule has 1 aliphatic carbocycles. The highest BCUT2D eigenvalue weighted by Gasteiger charge is 2.30. The molecule has 8 nitrogen and oxygen atoms in total. The lowest BCUT2D eigenvalue weighted by atomic mass is 9.87. The fourth-order valence-electron chi connectivity index (χ4n) is 4.63. The maximum Gasteiger partial charge on any atom is 0.270 e. The lowest BCUT2D eigenvalue weighted by Gasteiger charge is -2.35. The highest BCUT2D eigenvalue weighted by molar-refractivity contribution is 5.98. The van der Waals surface area contributed by atoms with E-state index >= 15 is 0 Å². The fraction of sp³-hybridized carbons (Fsp3) is 0.440. The van der Waals surface area contributed by atoms with E-state index in [0.29, 0.717) is 31.7 Å². The molecule has 1 heterocycles. The van der Waals surface area contributed by atoms with Gasteiger partial charge in [0.1, 0.15) is 11.5 Å². The van der Waals surface area contributed by atoms with Gasteiger partial charge in [-0.05, 0) is 43.9 Å². The Morgan fingerprint density at radius 2 is 1.67 bits per heavy atom. The third-order valence-electron chi connectivity index (χ3n) is 6.49. The van der Waals surface area contributed by atoms with Crippen molar-refractivity contribution in [2.45, 2.75) is 51.0 Å². The van der Waals surface area contributed by atoms with Crippen molar-refractivity contribution >= 4 is 17.5 Å². The van der Waals surface area contributed by atoms with Gasteiger partial charge < -0.3 is 15.0 Å². The van der Waals surface area contributed by atoms with Crippen LogP contribution in [0.15, 0.2) is 48.5 Å². The predicted octanol–water partition coefficient (Wildman–Crippen LogP) is 4.69. The number of nitro groups is 1. The third-order valence-corrected chi connectivity index (χ3v) is 6.49. The largest absolute Gasteiger partial charge is 0.457 e. The summed E-state index contributed by atoms with van der Waals surface area (Å²) in [6, 6.07) is 12.9. The van der Waals surface area contributed by atoms with Crippen molar-refractivity contribution in [2.24, 2.45) is 5.92 Å². The van der Waals surface area contributed by atoms with E-state index in [1.54, 1.807) is 12.1 Å². The Morgan fingerprint density at radius 1 is 0.970 bits per heavy atom. The van der Waals surface area contributed by atoms with Crippen molar-refractivity contribution in [3.05, 3.63) is 64.2 Å². The Balaban J connectivity index is 1.41. The Bertz CT molecular complexity index is 996. The van der Waals surface area contributed by atoms with Crippen molar-refractivity contribution in [1.82, 2.24) is 10.2 Å². The van der Waals surface area contributed by atoms with Gasteiger partial charge >= 0.3 is 0 Å². The summed E-state index contributed by atoms with van der Waals surface area (Å²) in [5.41, 5.74) is -0.0535. The van der Waals surface area contributed by atoms with Crippen molar-refractivity contribution < 1.29 is 19.2 Å². The molecule has 2 fully saturated rings. The molecule has 0 spiro atoms. The quantitative estimate of drug-likeness (QED) is 0.507. The van der Waals surface area contributed by atoms with Gasteiger partial charge in [-0.25, -0.2) is 0 Å². The first-order chi connectivity index (χ1) is 16.0. The SMILES string of the molecule is O=C(NC1CCN(C(=O)C2CCCCC2)CC1)c1cc([N+](=O)[O-])ccc1Oc1ccccc1. The summed E-state index contributed by atoms with van der Waals surface area (Å²) in [7, 11) is 0. The van der Waals surface area contributed by atoms with Crippen LogP contribution in [-0.2, 0) is 4.79 Å². The molecule has 33 heavy (non-hydrogen) atoms. The molecule has 2 aliphatic rings. The van der Waals surface area contributed by atoms with Gasteiger partial charge in [0, 0.05) is 37.2 Å². The molecule has 1 saturated carbocycles. The number of hydrogen-bond donors (Lipinski definition) is 1. The monoisotopic (exact) mass is 451 g/mol. The van der Waals surface area contributed by atoms with Gasteiger partial charge in [-0.15, -0.1) is 0 Å². The summed E-state index contributed by atoms with van der Waals surface area (Å²) in [5.74, 6) is 0.773. The molecule has 0 aromatic heterocycles. The van der Waals surface area contributed by atoms with Crippen LogP contribution in [0.5, 0.6) is 11.5 Å².